The van der Waals surface area contributed by atoms with Crippen molar-refractivity contribution in [3.05, 3.63) is 51.9 Å². The van der Waals surface area contributed by atoms with E-state index in [2.05, 4.69) is 11.4 Å². The number of nitrogens with zero attached hydrogens (tertiary/aromatic N) is 2. The molecular weight excluding hydrogens is 386 g/mol. The molecule has 1 atom stereocenters. The van der Waals surface area contributed by atoms with Gasteiger partial charge < -0.3 is 15.0 Å². The summed E-state index contributed by atoms with van der Waals surface area (Å²) < 4.78 is 5.46. The predicted molar refractivity (Wildman–Crippen MR) is 113 cm³/mol. The molecule has 0 aliphatic carbocycles. The lowest BCUT2D eigenvalue weighted by Crippen LogP contribution is -2.39. The van der Waals surface area contributed by atoms with Gasteiger partial charge in [0, 0.05) is 11.4 Å². The van der Waals surface area contributed by atoms with Crippen molar-refractivity contribution in [1.29, 1.82) is 5.26 Å². The predicted octanol–water partition coefficient (Wildman–Crippen LogP) is 4.66. The largest absolute Gasteiger partial charge is 0.444 e. The topological polar surface area (TPSA) is 82.4 Å². The molecule has 2 amide bonds. The number of thiophene rings is 1. The molecule has 0 saturated heterocycles. The quantitative estimate of drug-likeness (QED) is 0.797. The van der Waals surface area contributed by atoms with Crippen LogP contribution in [-0.4, -0.2) is 29.0 Å². The van der Waals surface area contributed by atoms with Crippen molar-refractivity contribution < 1.29 is 14.3 Å². The van der Waals surface area contributed by atoms with Gasteiger partial charge in [0.25, 0.3) is 0 Å². The van der Waals surface area contributed by atoms with Crippen molar-refractivity contribution >= 4 is 28.3 Å². The highest BCUT2D eigenvalue weighted by atomic mass is 32.1. The third-order valence-corrected chi connectivity index (χ3v) is 5.88. The Labute approximate surface area is 175 Å². The molecule has 2 aromatic rings. The summed E-state index contributed by atoms with van der Waals surface area (Å²) in [6, 6.07) is 11.8. The van der Waals surface area contributed by atoms with Gasteiger partial charge in [-0.1, -0.05) is 30.3 Å². The number of carbonyl (C=O) groups is 2. The van der Waals surface area contributed by atoms with Gasteiger partial charge in [0.1, 0.15) is 16.7 Å². The van der Waals surface area contributed by atoms with Gasteiger partial charge in [0.05, 0.1) is 18.0 Å². The van der Waals surface area contributed by atoms with Crippen LogP contribution in [0.1, 0.15) is 55.2 Å². The summed E-state index contributed by atoms with van der Waals surface area (Å²) in [5, 5.41) is 13.1. The van der Waals surface area contributed by atoms with Gasteiger partial charge in [0.2, 0.25) is 5.91 Å². The van der Waals surface area contributed by atoms with Crippen LogP contribution in [0.2, 0.25) is 0 Å². The Kier molecular flexibility index (Phi) is 5.94. The van der Waals surface area contributed by atoms with Gasteiger partial charge in [-0.25, -0.2) is 4.79 Å². The number of anilines is 1. The summed E-state index contributed by atoms with van der Waals surface area (Å²) in [7, 11) is 0. The molecule has 1 N–H and O–H groups in total. The second-order valence-electron chi connectivity index (χ2n) is 8.09. The minimum Gasteiger partial charge on any atom is -0.444 e. The first-order valence-electron chi connectivity index (χ1n) is 9.58. The first kappa shape index (κ1) is 20.9. The van der Waals surface area contributed by atoms with Crippen molar-refractivity contribution in [2.45, 2.75) is 52.2 Å². The fraction of sp³-hybridized carbons (Fsp3) is 0.409. The molecule has 0 bridgehead atoms. The van der Waals surface area contributed by atoms with E-state index in [-0.39, 0.29) is 17.9 Å². The van der Waals surface area contributed by atoms with E-state index in [9.17, 15) is 14.9 Å². The highest BCUT2D eigenvalue weighted by molar-refractivity contribution is 7.16. The van der Waals surface area contributed by atoms with Crippen molar-refractivity contribution in [2.24, 2.45) is 0 Å². The number of ether oxygens (including phenoxy) is 1. The lowest BCUT2D eigenvalue weighted by atomic mass is 10.0. The molecule has 1 aliphatic rings. The zero-order valence-corrected chi connectivity index (χ0v) is 17.9. The van der Waals surface area contributed by atoms with Gasteiger partial charge in [-0.3, -0.25) is 4.79 Å². The summed E-state index contributed by atoms with van der Waals surface area (Å²) in [5.74, 6) is -0.490. The van der Waals surface area contributed by atoms with Crippen LogP contribution in [0, 0.1) is 11.3 Å². The van der Waals surface area contributed by atoms with Crippen molar-refractivity contribution in [1.82, 2.24) is 4.90 Å². The summed E-state index contributed by atoms with van der Waals surface area (Å²) in [6.45, 7) is 8.21. The van der Waals surface area contributed by atoms with Crippen LogP contribution in [0.4, 0.5) is 9.80 Å². The van der Waals surface area contributed by atoms with E-state index < -0.39 is 5.60 Å². The average Bonchev–Trinajstić information content (AvgIpc) is 3.02. The maximum Gasteiger partial charge on any atom is 0.410 e. The fourth-order valence-corrected chi connectivity index (χ4v) is 4.42. The maximum absolute atomic E-state index is 12.7. The zero-order valence-electron chi connectivity index (χ0n) is 17.1. The second-order valence-corrected chi connectivity index (χ2v) is 9.20. The molecule has 7 heteroatoms. The van der Waals surface area contributed by atoms with E-state index in [0.29, 0.717) is 30.1 Å². The highest BCUT2D eigenvalue weighted by Crippen LogP contribution is 2.37. The van der Waals surface area contributed by atoms with Gasteiger partial charge in [-0.15, -0.1) is 11.3 Å². The first-order valence-corrected chi connectivity index (χ1v) is 10.4. The lowest BCUT2D eigenvalue weighted by molar-refractivity contribution is -0.117. The van der Waals surface area contributed by atoms with E-state index in [0.717, 1.165) is 16.0 Å². The van der Waals surface area contributed by atoms with Gasteiger partial charge >= 0.3 is 6.09 Å². The van der Waals surface area contributed by atoms with Crippen LogP contribution >= 0.6 is 11.3 Å². The minimum atomic E-state index is -0.558. The van der Waals surface area contributed by atoms with E-state index >= 15 is 0 Å². The standard InChI is InChI=1S/C22H25N3O3S/c1-14(15-8-6-5-7-9-15)19(26)24-20-17(12-23)16-10-11-25(13-18(16)29-20)21(27)28-22(2,3)4/h5-9,14H,10-11,13H2,1-4H3,(H,24,26). The number of carbonyl (C=O) groups excluding carboxylic acids is 2. The van der Waals surface area contributed by atoms with Crippen LogP contribution in [0.25, 0.3) is 0 Å². The molecule has 29 heavy (non-hydrogen) atoms. The SMILES string of the molecule is CC(C(=O)Nc1sc2c(c1C#N)CCN(C(=O)OC(C)(C)C)C2)c1ccccc1. The fourth-order valence-electron chi connectivity index (χ4n) is 3.21. The Hall–Kier alpha value is -2.85. The molecule has 1 aromatic heterocycles. The van der Waals surface area contributed by atoms with E-state index in [1.807, 2.05) is 58.0 Å². The van der Waals surface area contributed by atoms with E-state index in [1.165, 1.54) is 11.3 Å². The van der Waals surface area contributed by atoms with Gasteiger partial charge in [0.15, 0.2) is 0 Å². The van der Waals surface area contributed by atoms with Gasteiger partial charge in [-0.2, -0.15) is 5.26 Å². The van der Waals surface area contributed by atoms with Crippen LogP contribution in [0.5, 0.6) is 0 Å². The molecule has 6 nitrogen and oxygen atoms in total. The monoisotopic (exact) mass is 411 g/mol. The molecule has 0 saturated carbocycles. The second kappa shape index (κ2) is 8.26. The number of benzene rings is 1. The summed E-state index contributed by atoms with van der Waals surface area (Å²) >= 11 is 1.36. The zero-order chi connectivity index (χ0) is 21.2. The number of hydrogen-bond acceptors (Lipinski definition) is 5. The molecular formula is C22H25N3O3S. The highest BCUT2D eigenvalue weighted by Gasteiger charge is 2.30. The molecule has 0 spiro atoms. The Morgan fingerprint density at radius 3 is 2.59 bits per heavy atom. The number of rotatable bonds is 3. The number of amides is 2. The number of fused-ring (bicyclic) bond motifs is 1. The molecule has 2 heterocycles. The summed E-state index contributed by atoms with van der Waals surface area (Å²) in [5.41, 5.74) is 1.78. The molecule has 1 unspecified atom stereocenters. The molecule has 1 aliphatic heterocycles. The molecule has 0 fully saturated rings. The molecule has 152 valence electrons. The first-order chi connectivity index (χ1) is 13.7. The van der Waals surface area contributed by atoms with Gasteiger partial charge in [-0.05, 0) is 45.2 Å². The molecule has 1 aromatic carbocycles. The average molecular weight is 412 g/mol. The summed E-state index contributed by atoms with van der Waals surface area (Å²) in [4.78, 5) is 27.7. The molecule has 3 rings (SSSR count). The Morgan fingerprint density at radius 2 is 1.97 bits per heavy atom. The Bertz CT molecular complexity index is 954. The third kappa shape index (κ3) is 4.77. The van der Waals surface area contributed by atoms with E-state index in [1.54, 1.807) is 4.90 Å². The van der Waals surface area contributed by atoms with Crippen LogP contribution in [-0.2, 0) is 22.5 Å². The minimum absolute atomic E-state index is 0.157. The maximum atomic E-state index is 12.7. The molecule has 0 radical (unpaired) electrons. The van der Waals surface area contributed by atoms with Crippen molar-refractivity contribution in [3.63, 3.8) is 0 Å². The van der Waals surface area contributed by atoms with Crippen LogP contribution in [0.15, 0.2) is 30.3 Å². The number of nitrogens with one attached hydrogen (secondary N) is 1. The smallest absolute Gasteiger partial charge is 0.410 e. The van der Waals surface area contributed by atoms with Crippen molar-refractivity contribution in [3.8, 4) is 6.07 Å². The van der Waals surface area contributed by atoms with E-state index in [4.69, 9.17) is 4.74 Å². The third-order valence-electron chi connectivity index (χ3n) is 4.75. The Balaban J connectivity index is 1.77. The van der Waals surface area contributed by atoms with Crippen molar-refractivity contribution in [2.75, 3.05) is 11.9 Å². The number of hydrogen-bond donors (Lipinski definition) is 1. The number of nitriles is 1. The summed E-state index contributed by atoms with van der Waals surface area (Å²) in [6.07, 6.45) is 0.205. The van der Waals surface area contributed by atoms with Crippen LogP contribution < -0.4 is 5.32 Å². The normalized spacial score (nSPS) is 14.5. The lowest BCUT2D eigenvalue weighted by Gasteiger charge is -2.29. The Morgan fingerprint density at radius 1 is 1.28 bits per heavy atom. The van der Waals surface area contributed by atoms with Crippen LogP contribution in [0.3, 0.4) is 0 Å².